The zero-order valence-corrected chi connectivity index (χ0v) is 13.2. The fraction of sp³-hybridized carbons (Fsp3) is 0.143. The molecule has 0 saturated heterocycles. The van der Waals surface area contributed by atoms with Gasteiger partial charge in [-0.1, -0.05) is 60.2 Å². The van der Waals surface area contributed by atoms with Crippen molar-refractivity contribution in [3.63, 3.8) is 0 Å². The van der Waals surface area contributed by atoms with Crippen molar-refractivity contribution in [1.29, 1.82) is 0 Å². The Morgan fingerprint density at radius 1 is 0.955 bits per heavy atom. The van der Waals surface area contributed by atoms with Crippen LogP contribution in [0.3, 0.4) is 0 Å². The largest absolute Gasteiger partial charge is 0.362 e. The molecule has 0 aromatic heterocycles. The van der Waals surface area contributed by atoms with Crippen molar-refractivity contribution >= 4 is 5.57 Å². The zero-order chi connectivity index (χ0) is 15.5. The van der Waals surface area contributed by atoms with Gasteiger partial charge in [-0.25, -0.2) is 0 Å². The number of allylic oxidation sites excluding steroid dienone is 3. The van der Waals surface area contributed by atoms with E-state index in [-0.39, 0.29) is 0 Å². The van der Waals surface area contributed by atoms with Crippen LogP contribution in [0.4, 0.5) is 0 Å². The second-order valence-corrected chi connectivity index (χ2v) is 5.93. The van der Waals surface area contributed by atoms with Crippen LogP contribution in [0.15, 0.2) is 73.1 Å². The number of benzene rings is 2. The second kappa shape index (κ2) is 6.07. The molecule has 0 amide bonds. The molecule has 3 rings (SSSR count). The normalized spacial score (nSPS) is 13.7. The van der Waals surface area contributed by atoms with Gasteiger partial charge in [-0.3, -0.25) is 0 Å². The summed E-state index contributed by atoms with van der Waals surface area (Å²) in [7, 11) is 0. The molecule has 0 bridgehead atoms. The summed E-state index contributed by atoms with van der Waals surface area (Å²) in [4.78, 5) is 0. The minimum absolute atomic E-state index is 0.931. The Labute approximate surface area is 132 Å². The molecule has 1 heterocycles. The quantitative estimate of drug-likeness (QED) is 0.846. The molecular weight excluding hydrogens is 266 g/mol. The van der Waals surface area contributed by atoms with Crippen LogP contribution in [0.25, 0.3) is 5.57 Å². The Morgan fingerprint density at radius 3 is 2.41 bits per heavy atom. The van der Waals surface area contributed by atoms with Crippen molar-refractivity contribution in [2.45, 2.75) is 20.3 Å². The Kier molecular flexibility index (Phi) is 3.97. The summed E-state index contributed by atoms with van der Waals surface area (Å²) in [5.74, 6) is 0. The van der Waals surface area contributed by atoms with Crippen molar-refractivity contribution in [2.24, 2.45) is 0 Å². The smallest absolute Gasteiger partial charge is 0.0312 e. The molecule has 1 N–H and O–H groups in total. The van der Waals surface area contributed by atoms with Crippen molar-refractivity contribution in [1.82, 2.24) is 5.32 Å². The average molecular weight is 287 g/mol. The molecule has 0 atom stereocenters. The van der Waals surface area contributed by atoms with Crippen molar-refractivity contribution in [3.05, 3.63) is 101 Å². The highest BCUT2D eigenvalue weighted by Gasteiger charge is 2.09. The molecule has 0 aliphatic carbocycles. The highest BCUT2D eigenvalue weighted by atomic mass is 14.8. The molecule has 22 heavy (non-hydrogen) atoms. The summed E-state index contributed by atoms with van der Waals surface area (Å²) >= 11 is 0. The SMILES string of the molecule is C=C1C=C(c2cc(C)ccc2Cc2ccc(C)cc2)C=CN1. The predicted molar refractivity (Wildman–Crippen MR) is 94.6 cm³/mol. The van der Waals surface area contributed by atoms with E-state index < -0.39 is 0 Å². The summed E-state index contributed by atoms with van der Waals surface area (Å²) in [6, 6.07) is 15.5. The molecule has 110 valence electrons. The van der Waals surface area contributed by atoms with Crippen LogP contribution in [-0.4, -0.2) is 0 Å². The van der Waals surface area contributed by atoms with E-state index in [0.29, 0.717) is 0 Å². The summed E-state index contributed by atoms with van der Waals surface area (Å²) in [5, 5.41) is 3.12. The summed E-state index contributed by atoms with van der Waals surface area (Å²) < 4.78 is 0. The average Bonchev–Trinajstić information content (AvgIpc) is 2.51. The molecular formula is C21H21N. The van der Waals surface area contributed by atoms with E-state index in [4.69, 9.17) is 0 Å². The van der Waals surface area contributed by atoms with E-state index in [0.717, 1.165) is 12.1 Å². The van der Waals surface area contributed by atoms with Crippen molar-refractivity contribution < 1.29 is 0 Å². The molecule has 0 fully saturated rings. The van der Waals surface area contributed by atoms with Crippen LogP contribution in [0.5, 0.6) is 0 Å². The number of rotatable bonds is 3. The fourth-order valence-electron chi connectivity index (χ4n) is 2.72. The zero-order valence-electron chi connectivity index (χ0n) is 13.2. The van der Waals surface area contributed by atoms with Gasteiger partial charge in [0.25, 0.3) is 0 Å². The number of aryl methyl sites for hydroxylation is 2. The third-order valence-corrected chi connectivity index (χ3v) is 3.95. The molecule has 2 aromatic carbocycles. The van der Waals surface area contributed by atoms with E-state index in [2.05, 4.69) is 80.4 Å². The van der Waals surface area contributed by atoms with E-state index in [1.165, 1.54) is 33.4 Å². The van der Waals surface area contributed by atoms with Crippen LogP contribution in [0, 0.1) is 13.8 Å². The van der Waals surface area contributed by atoms with Crippen molar-refractivity contribution in [2.75, 3.05) is 0 Å². The lowest BCUT2D eigenvalue weighted by Crippen LogP contribution is -2.06. The first-order valence-corrected chi connectivity index (χ1v) is 7.61. The highest BCUT2D eigenvalue weighted by Crippen LogP contribution is 2.26. The maximum Gasteiger partial charge on any atom is 0.0312 e. The van der Waals surface area contributed by atoms with Crippen LogP contribution in [0.1, 0.15) is 27.8 Å². The number of hydrogen-bond acceptors (Lipinski definition) is 1. The third kappa shape index (κ3) is 3.20. The van der Waals surface area contributed by atoms with Gasteiger partial charge < -0.3 is 5.32 Å². The molecule has 0 radical (unpaired) electrons. The topological polar surface area (TPSA) is 12.0 Å². The molecule has 0 spiro atoms. The molecule has 0 saturated carbocycles. The molecule has 1 heteroatoms. The standard InChI is InChI=1S/C21H21N/c1-15-4-7-18(8-5-15)14-19-9-6-16(2)12-21(19)20-10-11-22-17(3)13-20/h4-13,22H,3,14H2,1-2H3. The van der Waals surface area contributed by atoms with E-state index >= 15 is 0 Å². The Hall–Kier alpha value is -2.54. The molecule has 1 aliphatic rings. The third-order valence-electron chi connectivity index (χ3n) is 3.95. The van der Waals surface area contributed by atoms with E-state index in [9.17, 15) is 0 Å². The number of nitrogens with one attached hydrogen (secondary N) is 1. The predicted octanol–water partition coefficient (Wildman–Crippen LogP) is 4.91. The molecule has 2 aromatic rings. The summed E-state index contributed by atoms with van der Waals surface area (Å²) in [5.41, 5.74) is 8.71. The molecule has 1 nitrogen and oxygen atoms in total. The lowest BCUT2D eigenvalue weighted by molar-refractivity contribution is 1.10. The van der Waals surface area contributed by atoms with Gasteiger partial charge in [0.05, 0.1) is 0 Å². The van der Waals surface area contributed by atoms with Gasteiger partial charge in [0.15, 0.2) is 0 Å². The first kappa shape index (κ1) is 14.4. The minimum Gasteiger partial charge on any atom is -0.362 e. The van der Waals surface area contributed by atoms with Gasteiger partial charge in [-0.15, -0.1) is 0 Å². The first-order chi connectivity index (χ1) is 10.6. The fourth-order valence-corrected chi connectivity index (χ4v) is 2.72. The second-order valence-electron chi connectivity index (χ2n) is 5.93. The summed E-state index contributed by atoms with van der Waals surface area (Å²) in [6.07, 6.45) is 7.12. The van der Waals surface area contributed by atoms with Gasteiger partial charge in [-0.2, -0.15) is 0 Å². The van der Waals surface area contributed by atoms with Crippen LogP contribution >= 0.6 is 0 Å². The molecule has 0 unspecified atom stereocenters. The monoisotopic (exact) mass is 287 g/mol. The van der Waals surface area contributed by atoms with E-state index in [1.807, 2.05) is 6.20 Å². The lowest BCUT2D eigenvalue weighted by Gasteiger charge is -2.16. The van der Waals surface area contributed by atoms with E-state index in [1.54, 1.807) is 0 Å². The number of dihydropyridines is 1. The van der Waals surface area contributed by atoms with Crippen LogP contribution in [0.2, 0.25) is 0 Å². The van der Waals surface area contributed by atoms with Crippen LogP contribution in [-0.2, 0) is 6.42 Å². The maximum atomic E-state index is 4.00. The lowest BCUT2D eigenvalue weighted by atomic mass is 9.92. The van der Waals surface area contributed by atoms with Gasteiger partial charge >= 0.3 is 0 Å². The maximum absolute atomic E-state index is 4.00. The molecule has 1 aliphatic heterocycles. The van der Waals surface area contributed by atoms with Gasteiger partial charge in [-0.05, 0) is 54.7 Å². The Balaban J connectivity index is 1.99. The Bertz CT molecular complexity index is 761. The first-order valence-electron chi connectivity index (χ1n) is 7.61. The van der Waals surface area contributed by atoms with Gasteiger partial charge in [0, 0.05) is 11.9 Å². The van der Waals surface area contributed by atoms with Gasteiger partial charge in [0.1, 0.15) is 0 Å². The minimum atomic E-state index is 0.931. The highest BCUT2D eigenvalue weighted by molar-refractivity contribution is 5.79. The van der Waals surface area contributed by atoms with Crippen LogP contribution < -0.4 is 5.32 Å². The van der Waals surface area contributed by atoms with Crippen molar-refractivity contribution in [3.8, 4) is 0 Å². The Morgan fingerprint density at radius 2 is 1.68 bits per heavy atom. The summed E-state index contributed by atoms with van der Waals surface area (Å²) in [6.45, 7) is 8.26. The van der Waals surface area contributed by atoms with Gasteiger partial charge in [0.2, 0.25) is 0 Å². The number of hydrogen-bond donors (Lipinski definition) is 1.